The van der Waals surface area contributed by atoms with Crippen LogP contribution in [-0.2, 0) is 0 Å². The van der Waals surface area contributed by atoms with E-state index in [1.165, 1.54) is 0 Å². The number of anilines is 1. The van der Waals surface area contributed by atoms with Gasteiger partial charge in [-0.25, -0.2) is 9.97 Å². The average Bonchev–Trinajstić information content (AvgIpc) is 2.73. The maximum atomic E-state index is 12.5. The summed E-state index contributed by atoms with van der Waals surface area (Å²) in [5, 5.41) is 2.82. The molecule has 1 amide bonds. The van der Waals surface area contributed by atoms with Gasteiger partial charge >= 0.3 is 0 Å². The number of carbonyl (C=O) groups is 1. The summed E-state index contributed by atoms with van der Waals surface area (Å²) in [6.07, 6.45) is 3.54. The lowest BCUT2D eigenvalue weighted by Crippen LogP contribution is -2.16. The van der Waals surface area contributed by atoms with Gasteiger partial charge in [-0.15, -0.1) is 0 Å². The summed E-state index contributed by atoms with van der Waals surface area (Å²) in [4.78, 5) is 21.1. The molecule has 5 heteroatoms. The molecule has 1 N–H and O–H groups in total. The first-order chi connectivity index (χ1) is 10.0. The van der Waals surface area contributed by atoms with E-state index in [4.69, 9.17) is 0 Å². The summed E-state index contributed by atoms with van der Waals surface area (Å²) in [5.74, 6) is 0.336. The van der Waals surface area contributed by atoms with Crippen molar-refractivity contribution < 1.29 is 4.79 Å². The number of imidazole rings is 1. The predicted molar refractivity (Wildman–Crippen MR) is 81.6 cm³/mol. The lowest BCUT2D eigenvalue weighted by molar-refractivity contribution is 0.102. The molecule has 0 spiro atoms. The molecule has 3 aromatic heterocycles. The zero-order valence-corrected chi connectivity index (χ0v) is 12.2. The van der Waals surface area contributed by atoms with Gasteiger partial charge in [-0.05, 0) is 56.2 Å². The summed E-state index contributed by atoms with van der Waals surface area (Å²) >= 11 is 0. The van der Waals surface area contributed by atoms with Gasteiger partial charge in [0.1, 0.15) is 17.2 Å². The van der Waals surface area contributed by atoms with Crippen LogP contribution in [0.15, 0.2) is 36.7 Å². The van der Waals surface area contributed by atoms with E-state index in [9.17, 15) is 4.79 Å². The van der Waals surface area contributed by atoms with Crippen molar-refractivity contribution in [3.63, 3.8) is 0 Å². The molecule has 3 heterocycles. The topological polar surface area (TPSA) is 59.3 Å². The fourth-order valence-corrected chi connectivity index (χ4v) is 2.32. The van der Waals surface area contributed by atoms with E-state index in [2.05, 4.69) is 15.3 Å². The zero-order valence-electron chi connectivity index (χ0n) is 12.2. The molecule has 0 aliphatic heterocycles. The van der Waals surface area contributed by atoms with Gasteiger partial charge in [0.15, 0.2) is 0 Å². The molecule has 0 aliphatic rings. The first-order valence-corrected chi connectivity index (χ1v) is 6.74. The fraction of sp³-hybridized carbons (Fsp3) is 0.188. The maximum absolute atomic E-state index is 12.5. The third-order valence-electron chi connectivity index (χ3n) is 3.33. The van der Waals surface area contributed by atoms with Crippen LogP contribution >= 0.6 is 0 Å². The van der Waals surface area contributed by atoms with E-state index in [-0.39, 0.29) is 5.91 Å². The summed E-state index contributed by atoms with van der Waals surface area (Å²) in [6, 6.07) is 7.63. The minimum atomic E-state index is -0.207. The van der Waals surface area contributed by atoms with E-state index >= 15 is 0 Å². The van der Waals surface area contributed by atoms with E-state index in [0.29, 0.717) is 17.2 Å². The molecule has 0 atom stereocenters. The first-order valence-electron chi connectivity index (χ1n) is 6.74. The van der Waals surface area contributed by atoms with Gasteiger partial charge in [-0.2, -0.15) is 0 Å². The Morgan fingerprint density at radius 2 is 1.90 bits per heavy atom. The summed E-state index contributed by atoms with van der Waals surface area (Å²) in [5.41, 5.74) is 4.17. The molecule has 0 aromatic carbocycles. The second-order valence-electron chi connectivity index (χ2n) is 5.15. The van der Waals surface area contributed by atoms with Crippen molar-refractivity contribution in [1.29, 1.82) is 0 Å². The Bertz CT molecular complexity index is 835. The number of nitrogens with zero attached hydrogens (tertiary/aromatic N) is 3. The lowest BCUT2D eigenvalue weighted by atomic mass is 10.3. The van der Waals surface area contributed by atoms with Crippen molar-refractivity contribution in [2.75, 3.05) is 5.32 Å². The van der Waals surface area contributed by atoms with E-state index in [1.54, 1.807) is 10.6 Å². The molecule has 106 valence electrons. The van der Waals surface area contributed by atoms with Crippen molar-refractivity contribution in [1.82, 2.24) is 14.4 Å². The molecule has 0 saturated carbocycles. The van der Waals surface area contributed by atoms with Crippen LogP contribution in [0.5, 0.6) is 0 Å². The Morgan fingerprint density at radius 3 is 2.67 bits per heavy atom. The van der Waals surface area contributed by atoms with Gasteiger partial charge in [0.05, 0.1) is 5.69 Å². The van der Waals surface area contributed by atoms with Crippen LogP contribution in [0.4, 0.5) is 5.82 Å². The maximum Gasteiger partial charge on any atom is 0.275 e. The van der Waals surface area contributed by atoms with Crippen LogP contribution in [0.1, 0.15) is 27.3 Å². The second-order valence-corrected chi connectivity index (χ2v) is 5.15. The summed E-state index contributed by atoms with van der Waals surface area (Å²) in [6.45, 7) is 5.79. The minimum absolute atomic E-state index is 0.207. The van der Waals surface area contributed by atoms with Crippen LogP contribution in [-0.4, -0.2) is 20.3 Å². The molecule has 0 bridgehead atoms. The van der Waals surface area contributed by atoms with E-state index < -0.39 is 0 Å². The van der Waals surface area contributed by atoms with Gasteiger partial charge in [0.2, 0.25) is 0 Å². The Morgan fingerprint density at radius 1 is 1.14 bits per heavy atom. The van der Waals surface area contributed by atoms with Crippen LogP contribution in [0.2, 0.25) is 0 Å². The monoisotopic (exact) mass is 280 g/mol. The smallest absolute Gasteiger partial charge is 0.275 e. The fourth-order valence-electron chi connectivity index (χ4n) is 2.32. The Labute approximate surface area is 122 Å². The van der Waals surface area contributed by atoms with Crippen molar-refractivity contribution in [3.8, 4) is 0 Å². The Kier molecular flexibility index (Phi) is 3.17. The SMILES string of the molecule is Cc1ccnc(NC(=O)c2c(C)nc3cc(C)ccn23)c1. The number of fused-ring (bicyclic) bond motifs is 1. The molecule has 0 saturated heterocycles. The third-order valence-corrected chi connectivity index (χ3v) is 3.33. The number of aromatic nitrogens is 3. The van der Waals surface area contributed by atoms with Crippen LogP contribution < -0.4 is 5.32 Å². The van der Waals surface area contributed by atoms with Gasteiger partial charge in [0.25, 0.3) is 5.91 Å². The number of rotatable bonds is 2. The second kappa shape index (κ2) is 5.01. The van der Waals surface area contributed by atoms with E-state index in [1.807, 2.05) is 51.2 Å². The number of hydrogen-bond acceptors (Lipinski definition) is 3. The van der Waals surface area contributed by atoms with Crippen LogP contribution in [0.25, 0.3) is 5.65 Å². The first kappa shape index (κ1) is 13.3. The number of amides is 1. The highest BCUT2D eigenvalue weighted by molar-refractivity contribution is 6.04. The van der Waals surface area contributed by atoms with Crippen molar-refractivity contribution in [3.05, 3.63) is 59.2 Å². The Hall–Kier alpha value is -2.69. The summed E-state index contributed by atoms with van der Waals surface area (Å²) in [7, 11) is 0. The molecule has 0 aliphatic carbocycles. The van der Waals surface area contributed by atoms with Crippen LogP contribution in [0.3, 0.4) is 0 Å². The van der Waals surface area contributed by atoms with Crippen LogP contribution in [0, 0.1) is 20.8 Å². The van der Waals surface area contributed by atoms with Crippen molar-refractivity contribution >= 4 is 17.4 Å². The molecule has 3 rings (SSSR count). The minimum Gasteiger partial charge on any atom is -0.305 e. The number of hydrogen-bond donors (Lipinski definition) is 1. The predicted octanol–water partition coefficient (Wildman–Crippen LogP) is 2.91. The number of aryl methyl sites for hydroxylation is 3. The largest absolute Gasteiger partial charge is 0.305 e. The molecule has 21 heavy (non-hydrogen) atoms. The normalized spacial score (nSPS) is 10.8. The molecule has 0 radical (unpaired) electrons. The molecular weight excluding hydrogens is 264 g/mol. The molecule has 3 aromatic rings. The molecule has 0 fully saturated rings. The quantitative estimate of drug-likeness (QED) is 0.785. The highest BCUT2D eigenvalue weighted by Gasteiger charge is 2.17. The highest BCUT2D eigenvalue weighted by atomic mass is 16.2. The standard InChI is InChI=1S/C16H16N4O/c1-10-4-6-17-13(8-10)19-16(21)15-12(3)18-14-9-11(2)5-7-20(14)15/h4-9H,1-3H3,(H,17,19,21). The lowest BCUT2D eigenvalue weighted by Gasteiger charge is -2.06. The van der Waals surface area contributed by atoms with Gasteiger partial charge in [-0.3, -0.25) is 9.20 Å². The van der Waals surface area contributed by atoms with Gasteiger partial charge < -0.3 is 5.32 Å². The van der Waals surface area contributed by atoms with Crippen molar-refractivity contribution in [2.45, 2.75) is 20.8 Å². The number of nitrogens with one attached hydrogen (secondary N) is 1. The number of carbonyl (C=O) groups excluding carboxylic acids is 1. The number of pyridine rings is 2. The highest BCUT2D eigenvalue weighted by Crippen LogP contribution is 2.15. The molecule has 0 unspecified atom stereocenters. The third kappa shape index (κ3) is 2.50. The van der Waals surface area contributed by atoms with Gasteiger partial charge in [-0.1, -0.05) is 0 Å². The average molecular weight is 280 g/mol. The Balaban J connectivity index is 2.00. The molecule has 5 nitrogen and oxygen atoms in total. The van der Waals surface area contributed by atoms with Gasteiger partial charge in [0, 0.05) is 12.4 Å². The zero-order chi connectivity index (χ0) is 15.0. The van der Waals surface area contributed by atoms with Crippen molar-refractivity contribution in [2.24, 2.45) is 0 Å². The summed E-state index contributed by atoms with van der Waals surface area (Å²) < 4.78 is 1.80. The van der Waals surface area contributed by atoms with E-state index in [0.717, 1.165) is 16.8 Å². The molecular formula is C16H16N4O.